The second-order valence-corrected chi connectivity index (χ2v) is 5.66. The first kappa shape index (κ1) is 16.7. The lowest BCUT2D eigenvalue weighted by atomic mass is 10.0. The molecular formula is C19H17FN2O3. The minimum Gasteiger partial charge on any atom is -0.496 e. The number of H-pyrrole nitrogens is 1. The van der Waals surface area contributed by atoms with Gasteiger partial charge in [0.15, 0.2) is 0 Å². The summed E-state index contributed by atoms with van der Waals surface area (Å²) in [5.74, 6) is -0.293. The molecule has 25 heavy (non-hydrogen) atoms. The Balaban J connectivity index is 1.94. The van der Waals surface area contributed by atoms with E-state index >= 15 is 0 Å². The van der Waals surface area contributed by atoms with Crippen LogP contribution in [0.1, 0.15) is 28.9 Å². The fraction of sp³-hybridized carbons (Fsp3) is 0.158. The fourth-order valence-corrected chi connectivity index (χ4v) is 2.79. The van der Waals surface area contributed by atoms with Gasteiger partial charge in [0.25, 0.3) is 11.5 Å². The van der Waals surface area contributed by atoms with E-state index in [0.717, 1.165) is 0 Å². The molecule has 0 radical (unpaired) electrons. The highest BCUT2D eigenvalue weighted by molar-refractivity contribution is 6.06. The van der Waals surface area contributed by atoms with E-state index in [4.69, 9.17) is 4.74 Å². The highest BCUT2D eigenvalue weighted by Crippen LogP contribution is 2.26. The number of carbonyl (C=O) groups is 1. The number of aromatic amines is 1. The van der Waals surface area contributed by atoms with Gasteiger partial charge in [-0.2, -0.15) is 0 Å². The largest absolute Gasteiger partial charge is 0.496 e. The molecule has 1 aromatic heterocycles. The number of nitrogens with one attached hydrogen (secondary N) is 2. The molecule has 2 aromatic carbocycles. The van der Waals surface area contributed by atoms with Crippen LogP contribution in [0.4, 0.5) is 4.39 Å². The lowest BCUT2D eigenvalue weighted by molar-refractivity contribution is 0.0940. The molecule has 0 spiro atoms. The van der Waals surface area contributed by atoms with Crippen molar-refractivity contribution in [3.05, 3.63) is 76.0 Å². The van der Waals surface area contributed by atoms with Crippen LogP contribution in [-0.2, 0) is 0 Å². The maximum absolute atomic E-state index is 13.5. The molecule has 1 amide bonds. The van der Waals surface area contributed by atoms with Gasteiger partial charge in [0, 0.05) is 22.5 Å². The van der Waals surface area contributed by atoms with Crippen molar-refractivity contribution >= 4 is 16.7 Å². The van der Waals surface area contributed by atoms with Crippen LogP contribution in [0, 0.1) is 5.82 Å². The normalized spacial score (nSPS) is 12.0. The standard InChI is InChI=1S/C19H17FN2O3/c1-11(15-9-12(20)7-8-17(15)25-2)22-19(24)16-10-21-18(23)14-6-4-3-5-13(14)16/h3-11H,1-2H3,(H,21,23)(H,22,24)/t11-/m0/s1. The van der Waals surface area contributed by atoms with Crippen molar-refractivity contribution in [1.29, 1.82) is 0 Å². The van der Waals surface area contributed by atoms with Crippen molar-refractivity contribution in [2.24, 2.45) is 0 Å². The quantitative estimate of drug-likeness (QED) is 0.766. The summed E-state index contributed by atoms with van der Waals surface area (Å²) in [6.45, 7) is 1.74. The van der Waals surface area contributed by atoms with Crippen LogP contribution in [0.2, 0.25) is 0 Å². The fourth-order valence-electron chi connectivity index (χ4n) is 2.79. The first-order valence-corrected chi connectivity index (χ1v) is 7.76. The molecular weight excluding hydrogens is 323 g/mol. The molecule has 0 saturated heterocycles. The third kappa shape index (κ3) is 3.24. The molecule has 5 nitrogen and oxygen atoms in total. The number of halogens is 1. The van der Waals surface area contributed by atoms with Gasteiger partial charge in [-0.1, -0.05) is 18.2 Å². The van der Waals surface area contributed by atoms with Gasteiger partial charge in [-0.15, -0.1) is 0 Å². The number of ether oxygens (including phenoxy) is 1. The number of hydrogen-bond acceptors (Lipinski definition) is 3. The van der Waals surface area contributed by atoms with Gasteiger partial charge in [-0.3, -0.25) is 9.59 Å². The summed E-state index contributed by atoms with van der Waals surface area (Å²) in [5.41, 5.74) is 0.619. The van der Waals surface area contributed by atoms with Crippen LogP contribution in [0.5, 0.6) is 5.75 Å². The molecule has 0 bridgehead atoms. The number of aromatic nitrogens is 1. The topological polar surface area (TPSA) is 71.2 Å². The predicted octanol–water partition coefficient (Wildman–Crippen LogP) is 3.17. The van der Waals surface area contributed by atoms with E-state index in [9.17, 15) is 14.0 Å². The Labute approximate surface area is 143 Å². The Morgan fingerprint density at radius 1 is 1.20 bits per heavy atom. The molecule has 0 saturated carbocycles. The molecule has 128 valence electrons. The van der Waals surface area contributed by atoms with E-state index in [0.29, 0.717) is 27.6 Å². The molecule has 0 aliphatic carbocycles. The second-order valence-electron chi connectivity index (χ2n) is 5.66. The van der Waals surface area contributed by atoms with Gasteiger partial charge in [0.05, 0.1) is 18.7 Å². The smallest absolute Gasteiger partial charge is 0.255 e. The van der Waals surface area contributed by atoms with Gasteiger partial charge in [-0.05, 0) is 31.2 Å². The number of hydrogen-bond donors (Lipinski definition) is 2. The Morgan fingerprint density at radius 2 is 1.92 bits per heavy atom. The minimum atomic E-state index is -0.483. The first-order chi connectivity index (χ1) is 12.0. The lowest BCUT2D eigenvalue weighted by Crippen LogP contribution is -2.28. The summed E-state index contributed by atoms with van der Waals surface area (Å²) in [5, 5.41) is 3.81. The summed E-state index contributed by atoms with van der Waals surface area (Å²) in [6, 6.07) is 10.5. The van der Waals surface area contributed by atoms with Crippen molar-refractivity contribution in [1.82, 2.24) is 10.3 Å². The van der Waals surface area contributed by atoms with E-state index < -0.39 is 11.9 Å². The maximum atomic E-state index is 13.5. The van der Waals surface area contributed by atoms with Gasteiger partial charge < -0.3 is 15.0 Å². The Kier molecular flexibility index (Phi) is 4.52. The Hall–Kier alpha value is -3.15. The number of fused-ring (bicyclic) bond motifs is 1. The van der Waals surface area contributed by atoms with E-state index in [2.05, 4.69) is 10.3 Å². The summed E-state index contributed by atoms with van der Waals surface area (Å²) in [7, 11) is 1.49. The van der Waals surface area contributed by atoms with E-state index in [1.165, 1.54) is 31.5 Å². The summed E-state index contributed by atoms with van der Waals surface area (Å²) < 4.78 is 18.8. The van der Waals surface area contributed by atoms with Crippen LogP contribution in [0.3, 0.4) is 0 Å². The van der Waals surface area contributed by atoms with E-state index in [1.807, 2.05) is 0 Å². The van der Waals surface area contributed by atoms with Crippen molar-refractivity contribution in [3.8, 4) is 5.75 Å². The molecule has 0 aliphatic heterocycles. The van der Waals surface area contributed by atoms with Crippen molar-refractivity contribution < 1.29 is 13.9 Å². The van der Waals surface area contributed by atoms with E-state index in [-0.39, 0.29) is 11.5 Å². The van der Waals surface area contributed by atoms with Crippen LogP contribution in [0.25, 0.3) is 10.8 Å². The second kappa shape index (κ2) is 6.76. The maximum Gasteiger partial charge on any atom is 0.255 e. The highest BCUT2D eigenvalue weighted by Gasteiger charge is 2.18. The zero-order chi connectivity index (χ0) is 18.0. The van der Waals surface area contributed by atoms with Crippen LogP contribution < -0.4 is 15.6 Å². The van der Waals surface area contributed by atoms with Gasteiger partial charge in [0.2, 0.25) is 0 Å². The zero-order valence-electron chi connectivity index (χ0n) is 13.8. The molecule has 1 atom stereocenters. The van der Waals surface area contributed by atoms with Gasteiger partial charge in [-0.25, -0.2) is 4.39 Å². The molecule has 2 N–H and O–H groups in total. The third-order valence-corrected chi connectivity index (χ3v) is 4.06. The number of carbonyl (C=O) groups excluding carboxylic acids is 1. The average Bonchev–Trinajstić information content (AvgIpc) is 2.62. The summed E-state index contributed by atoms with van der Waals surface area (Å²) >= 11 is 0. The Bertz CT molecular complexity index is 997. The molecule has 0 fully saturated rings. The minimum absolute atomic E-state index is 0.257. The zero-order valence-corrected chi connectivity index (χ0v) is 13.8. The molecule has 3 aromatic rings. The van der Waals surface area contributed by atoms with Crippen molar-refractivity contribution in [3.63, 3.8) is 0 Å². The summed E-state index contributed by atoms with van der Waals surface area (Å²) in [6.07, 6.45) is 1.38. The number of pyridine rings is 1. The first-order valence-electron chi connectivity index (χ1n) is 7.76. The average molecular weight is 340 g/mol. The van der Waals surface area contributed by atoms with Gasteiger partial charge in [0.1, 0.15) is 11.6 Å². The molecule has 0 aliphatic rings. The molecule has 3 rings (SSSR count). The van der Waals surface area contributed by atoms with Crippen LogP contribution in [0.15, 0.2) is 53.5 Å². The Morgan fingerprint density at radius 3 is 2.64 bits per heavy atom. The number of rotatable bonds is 4. The predicted molar refractivity (Wildman–Crippen MR) is 93.4 cm³/mol. The summed E-state index contributed by atoms with van der Waals surface area (Å²) in [4.78, 5) is 27.1. The monoisotopic (exact) mass is 340 g/mol. The number of amides is 1. The third-order valence-electron chi connectivity index (χ3n) is 4.06. The number of methoxy groups -OCH3 is 1. The number of benzene rings is 2. The molecule has 0 unspecified atom stereocenters. The van der Waals surface area contributed by atoms with Crippen molar-refractivity contribution in [2.75, 3.05) is 7.11 Å². The molecule has 1 heterocycles. The van der Waals surface area contributed by atoms with Crippen molar-refractivity contribution in [2.45, 2.75) is 13.0 Å². The van der Waals surface area contributed by atoms with Crippen LogP contribution >= 0.6 is 0 Å². The molecule has 6 heteroatoms. The van der Waals surface area contributed by atoms with E-state index in [1.54, 1.807) is 31.2 Å². The highest BCUT2D eigenvalue weighted by atomic mass is 19.1. The SMILES string of the molecule is COc1ccc(F)cc1[C@H](C)NC(=O)c1c[nH]c(=O)c2ccccc12. The lowest BCUT2D eigenvalue weighted by Gasteiger charge is -2.18. The van der Waals surface area contributed by atoms with Gasteiger partial charge >= 0.3 is 0 Å². The van der Waals surface area contributed by atoms with Crippen LogP contribution in [-0.4, -0.2) is 18.0 Å².